The predicted molar refractivity (Wildman–Crippen MR) is 88.2 cm³/mol. The largest absolute Gasteiger partial charge is 0.452 e. The van der Waals surface area contributed by atoms with Gasteiger partial charge in [-0.2, -0.15) is 13.2 Å². The summed E-state index contributed by atoms with van der Waals surface area (Å²) in [5.74, 6) is -1.23. The molecule has 8 heteroatoms. The van der Waals surface area contributed by atoms with Gasteiger partial charge in [-0.3, -0.25) is 0 Å². The molecular weight excluding hydrogens is 350 g/mol. The lowest BCUT2D eigenvalue weighted by Gasteiger charge is -2.39. The number of nitrogens with zero attached hydrogens (tertiary/aromatic N) is 3. The number of hydrazone groups is 1. The Hall–Kier alpha value is -1.66. The van der Waals surface area contributed by atoms with Crippen molar-refractivity contribution in [3.63, 3.8) is 0 Å². The van der Waals surface area contributed by atoms with E-state index in [2.05, 4.69) is 5.10 Å². The summed E-state index contributed by atoms with van der Waals surface area (Å²) >= 11 is 12.2. The number of halogens is 5. The minimum Gasteiger partial charge on any atom is -0.241 e. The highest BCUT2D eigenvalue weighted by molar-refractivity contribution is 6.42. The maximum atomic E-state index is 13.3. The standard InChI is InChI=1S/C15H12Cl2F3N3/c1-14(2,16)23-11-8-7-9-5-3-4-6-10(9)12(11)22(17)13(21-23)15(18,19)20/h3-8H,1-2H3. The normalized spacial score (nSPS) is 15.7. The molecule has 1 aliphatic rings. The molecule has 3 nitrogen and oxygen atoms in total. The van der Waals surface area contributed by atoms with E-state index in [0.29, 0.717) is 15.5 Å². The first kappa shape index (κ1) is 16.2. The summed E-state index contributed by atoms with van der Waals surface area (Å²) in [6.07, 6.45) is -4.71. The number of anilines is 2. The highest BCUT2D eigenvalue weighted by Crippen LogP contribution is 2.46. The van der Waals surface area contributed by atoms with E-state index in [1.165, 1.54) is 0 Å². The van der Waals surface area contributed by atoms with Crippen LogP contribution in [0, 0.1) is 0 Å². The van der Waals surface area contributed by atoms with Gasteiger partial charge >= 0.3 is 6.18 Å². The Bertz CT molecular complexity index is 797. The molecule has 0 aliphatic carbocycles. The van der Waals surface area contributed by atoms with E-state index in [4.69, 9.17) is 23.4 Å². The average Bonchev–Trinajstić information content (AvgIpc) is 2.44. The van der Waals surface area contributed by atoms with Gasteiger partial charge in [0.15, 0.2) is 0 Å². The molecule has 0 radical (unpaired) electrons. The van der Waals surface area contributed by atoms with Gasteiger partial charge in [-0.05, 0) is 25.3 Å². The van der Waals surface area contributed by atoms with Crippen molar-refractivity contribution in [3.8, 4) is 0 Å². The minimum atomic E-state index is -4.71. The first-order valence-corrected chi connectivity index (χ1v) is 7.45. The summed E-state index contributed by atoms with van der Waals surface area (Å²) in [5.41, 5.74) is 0.618. The van der Waals surface area contributed by atoms with E-state index in [1.54, 1.807) is 50.2 Å². The average molecular weight is 362 g/mol. The molecule has 0 unspecified atom stereocenters. The number of amidine groups is 1. The van der Waals surface area contributed by atoms with Crippen LogP contribution in [0.2, 0.25) is 0 Å². The third-order valence-corrected chi connectivity index (χ3v) is 3.93. The summed E-state index contributed by atoms with van der Waals surface area (Å²) in [4.78, 5) is -1.16. The molecule has 0 aromatic heterocycles. The van der Waals surface area contributed by atoms with Crippen molar-refractivity contribution in [2.75, 3.05) is 9.43 Å². The van der Waals surface area contributed by atoms with Crippen LogP contribution in [-0.2, 0) is 0 Å². The lowest BCUT2D eigenvalue weighted by Crippen LogP contribution is -2.46. The van der Waals surface area contributed by atoms with Gasteiger partial charge in [0.1, 0.15) is 5.00 Å². The highest BCUT2D eigenvalue weighted by atomic mass is 35.5. The molecule has 0 atom stereocenters. The van der Waals surface area contributed by atoms with Crippen LogP contribution in [0.3, 0.4) is 0 Å². The fourth-order valence-corrected chi connectivity index (χ4v) is 2.92. The Morgan fingerprint density at radius 1 is 1.04 bits per heavy atom. The molecule has 0 spiro atoms. The third-order valence-electron chi connectivity index (χ3n) is 3.44. The van der Waals surface area contributed by atoms with Crippen molar-refractivity contribution in [1.29, 1.82) is 0 Å². The molecule has 2 aromatic carbocycles. The first-order valence-electron chi connectivity index (χ1n) is 6.73. The van der Waals surface area contributed by atoms with Crippen molar-refractivity contribution < 1.29 is 13.2 Å². The number of hydrogen-bond acceptors (Lipinski definition) is 3. The summed E-state index contributed by atoms with van der Waals surface area (Å²) in [6, 6.07) is 10.5. The van der Waals surface area contributed by atoms with Crippen molar-refractivity contribution in [2.24, 2.45) is 5.10 Å². The molecule has 0 amide bonds. The molecule has 0 fully saturated rings. The molecule has 0 N–H and O–H groups in total. The van der Waals surface area contributed by atoms with Gasteiger partial charge in [0, 0.05) is 17.2 Å². The molecule has 23 heavy (non-hydrogen) atoms. The van der Waals surface area contributed by atoms with Crippen molar-refractivity contribution in [1.82, 2.24) is 0 Å². The van der Waals surface area contributed by atoms with Gasteiger partial charge in [-0.25, -0.2) is 9.43 Å². The molecule has 2 aromatic rings. The van der Waals surface area contributed by atoms with Crippen molar-refractivity contribution in [3.05, 3.63) is 36.4 Å². The number of benzene rings is 2. The molecule has 0 saturated carbocycles. The Kier molecular flexibility index (Phi) is 3.65. The fourth-order valence-electron chi connectivity index (χ4n) is 2.49. The topological polar surface area (TPSA) is 18.8 Å². The molecule has 1 aliphatic heterocycles. The molecular formula is C15H12Cl2F3N3. The Labute approximate surface area is 141 Å². The Morgan fingerprint density at radius 2 is 1.70 bits per heavy atom. The third kappa shape index (κ3) is 2.70. The second-order valence-corrected chi connectivity index (χ2v) is 6.84. The van der Waals surface area contributed by atoms with E-state index >= 15 is 0 Å². The van der Waals surface area contributed by atoms with Crippen molar-refractivity contribution >= 4 is 51.4 Å². The first-order chi connectivity index (χ1) is 10.6. The van der Waals surface area contributed by atoms with Gasteiger partial charge in [0.05, 0.1) is 11.4 Å². The predicted octanol–water partition coefficient (Wildman–Crippen LogP) is 5.47. The Morgan fingerprint density at radius 3 is 2.30 bits per heavy atom. The minimum absolute atomic E-state index is 0.209. The van der Waals surface area contributed by atoms with Crippen LogP contribution in [-0.4, -0.2) is 17.0 Å². The number of rotatable bonds is 1. The molecule has 0 bridgehead atoms. The van der Waals surface area contributed by atoms with Gasteiger partial charge in [-0.1, -0.05) is 41.9 Å². The van der Waals surface area contributed by atoms with Crippen LogP contribution in [0.1, 0.15) is 13.8 Å². The van der Waals surface area contributed by atoms with Crippen LogP contribution in [0.15, 0.2) is 41.5 Å². The summed E-state index contributed by atoms with van der Waals surface area (Å²) in [5, 5.41) is 6.13. The number of hydrogen-bond donors (Lipinski definition) is 0. The SMILES string of the molecule is CC(C)(Cl)N1N=C(C(F)(F)F)N(Cl)c2c1ccc1ccccc21. The van der Waals surface area contributed by atoms with Crippen molar-refractivity contribution in [2.45, 2.75) is 25.0 Å². The van der Waals surface area contributed by atoms with Gasteiger partial charge in [-0.15, -0.1) is 5.10 Å². The summed E-state index contributed by atoms with van der Waals surface area (Å²) < 4.78 is 40.5. The highest BCUT2D eigenvalue weighted by Gasteiger charge is 2.46. The van der Waals surface area contributed by atoms with E-state index in [1.807, 2.05) is 0 Å². The van der Waals surface area contributed by atoms with Gasteiger partial charge in [0.25, 0.3) is 0 Å². The smallest absolute Gasteiger partial charge is 0.241 e. The lowest BCUT2D eigenvalue weighted by atomic mass is 10.1. The van der Waals surface area contributed by atoms with Crippen LogP contribution in [0.5, 0.6) is 0 Å². The maximum Gasteiger partial charge on any atom is 0.452 e. The molecule has 0 saturated heterocycles. The Balaban J connectivity index is 2.34. The second kappa shape index (κ2) is 5.18. The quantitative estimate of drug-likeness (QED) is 0.381. The van der Waals surface area contributed by atoms with Gasteiger partial charge < -0.3 is 0 Å². The van der Waals surface area contributed by atoms with E-state index in [9.17, 15) is 13.2 Å². The molecule has 122 valence electrons. The number of alkyl halides is 4. The molecule has 3 rings (SSSR count). The lowest BCUT2D eigenvalue weighted by molar-refractivity contribution is -0.0598. The van der Waals surface area contributed by atoms with Crippen LogP contribution < -0.4 is 9.43 Å². The van der Waals surface area contributed by atoms with Crippen LogP contribution in [0.4, 0.5) is 24.5 Å². The zero-order valence-corrected chi connectivity index (χ0v) is 13.7. The summed E-state index contributed by atoms with van der Waals surface area (Å²) in [7, 11) is 0. The van der Waals surface area contributed by atoms with Crippen LogP contribution >= 0.6 is 23.4 Å². The van der Waals surface area contributed by atoms with Crippen LogP contribution in [0.25, 0.3) is 10.8 Å². The fraction of sp³-hybridized carbons (Fsp3) is 0.267. The molecule has 1 heterocycles. The van der Waals surface area contributed by atoms with E-state index < -0.39 is 17.0 Å². The number of fused-ring (bicyclic) bond motifs is 3. The summed E-state index contributed by atoms with van der Waals surface area (Å²) in [6.45, 7) is 3.13. The second-order valence-electron chi connectivity index (χ2n) is 5.58. The van der Waals surface area contributed by atoms with E-state index in [-0.39, 0.29) is 5.69 Å². The van der Waals surface area contributed by atoms with E-state index in [0.717, 1.165) is 10.4 Å². The zero-order chi connectivity index (χ0) is 17.0. The maximum absolute atomic E-state index is 13.3. The monoisotopic (exact) mass is 361 g/mol. The zero-order valence-electron chi connectivity index (χ0n) is 12.2. The van der Waals surface area contributed by atoms with Gasteiger partial charge in [0.2, 0.25) is 5.84 Å².